The summed E-state index contributed by atoms with van der Waals surface area (Å²) in [5.74, 6) is -1.56. The minimum absolute atomic E-state index is 0.0164. The molecular weight excluding hydrogens is 262 g/mol. The zero-order valence-corrected chi connectivity index (χ0v) is 11.1. The molecule has 0 bridgehead atoms. The summed E-state index contributed by atoms with van der Waals surface area (Å²) in [5, 5.41) is 18.7. The number of carboxylic acids is 1. The van der Waals surface area contributed by atoms with Crippen LogP contribution in [0.3, 0.4) is 0 Å². The lowest BCUT2D eigenvalue weighted by atomic mass is 10.1. The van der Waals surface area contributed by atoms with E-state index >= 15 is 0 Å². The first-order valence-corrected chi connectivity index (χ1v) is 6.33. The second kappa shape index (κ2) is 6.02. The van der Waals surface area contributed by atoms with Crippen LogP contribution in [0.4, 0.5) is 0 Å². The van der Waals surface area contributed by atoms with E-state index in [1.165, 1.54) is 12.0 Å². The van der Waals surface area contributed by atoms with Crippen LogP contribution in [0.1, 0.15) is 18.1 Å². The summed E-state index contributed by atoms with van der Waals surface area (Å²) >= 11 is 0. The summed E-state index contributed by atoms with van der Waals surface area (Å²) in [7, 11) is 1.40. The third-order valence-electron chi connectivity index (χ3n) is 3.41. The number of amides is 1. The van der Waals surface area contributed by atoms with Crippen LogP contribution >= 0.6 is 0 Å². The minimum Gasteiger partial charge on any atom is -0.480 e. The number of carboxylic acid groups (broad SMARTS) is 1. The number of β-amino-alcohol motifs (C(OH)–C–C–N with tert-alkyl or cyclic N) is 1. The predicted molar refractivity (Wildman–Crippen MR) is 70.0 cm³/mol. The summed E-state index contributed by atoms with van der Waals surface area (Å²) in [4.78, 5) is 24.8. The van der Waals surface area contributed by atoms with Crippen LogP contribution in [0, 0.1) is 0 Å². The number of methoxy groups -OCH3 is 1. The van der Waals surface area contributed by atoms with Crippen LogP contribution in [-0.4, -0.2) is 52.8 Å². The summed E-state index contributed by atoms with van der Waals surface area (Å²) in [6.45, 7) is 0.0164. The number of rotatable bonds is 4. The first kappa shape index (κ1) is 14.5. The van der Waals surface area contributed by atoms with Gasteiger partial charge in [-0.2, -0.15) is 0 Å². The Balaban J connectivity index is 2.22. The van der Waals surface area contributed by atoms with Gasteiger partial charge in [0, 0.05) is 20.1 Å². The van der Waals surface area contributed by atoms with E-state index in [1.807, 2.05) is 6.07 Å². The standard InChI is InChI=1S/C14H17NO5/c1-20-12(9-5-3-2-4-6-9)13(17)15-8-10(16)7-11(15)14(18)19/h2-6,10-12,16H,7-8H2,1H3,(H,18,19). The third kappa shape index (κ3) is 2.81. The van der Waals surface area contributed by atoms with Gasteiger partial charge >= 0.3 is 5.97 Å². The average Bonchev–Trinajstić information content (AvgIpc) is 2.83. The first-order valence-electron chi connectivity index (χ1n) is 6.33. The lowest BCUT2D eigenvalue weighted by Crippen LogP contribution is -2.43. The predicted octanol–water partition coefficient (Wildman–Crippen LogP) is 0.420. The molecule has 3 atom stereocenters. The van der Waals surface area contributed by atoms with E-state index in [0.29, 0.717) is 5.56 Å². The Morgan fingerprint density at radius 3 is 2.55 bits per heavy atom. The van der Waals surface area contributed by atoms with Crippen LogP contribution in [0.2, 0.25) is 0 Å². The van der Waals surface area contributed by atoms with Crippen molar-refractivity contribution in [1.29, 1.82) is 0 Å². The average molecular weight is 279 g/mol. The number of hydrogen-bond donors (Lipinski definition) is 2. The van der Waals surface area contributed by atoms with Crippen molar-refractivity contribution in [3.05, 3.63) is 35.9 Å². The van der Waals surface area contributed by atoms with Gasteiger partial charge in [-0.15, -0.1) is 0 Å². The summed E-state index contributed by atoms with van der Waals surface area (Å²) in [6, 6.07) is 7.87. The van der Waals surface area contributed by atoms with E-state index < -0.39 is 30.1 Å². The van der Waals surface area contributed by atoms with Crippen molar-refractivity contribution in [1.82, 2.24) is 4.90 Å². The van der Waals surface area contributed by atoms with Crippen LogP contribution in [0.5, 0.6) is 0 Å². The molecule has 6 heteroatoms. The van der Waals surface area contributed by atoms with Crippen molar-refractivity contribution in [3.63, 3.8) is 0 Å². The number of hydrogen-bond acceptors (Lipinski definition) is 4. The number of aliphatic hydroxyl groups excluding tert-OH is 1. The SMILES string of the molecule is COC(C(=O)N1CC(O)CC1C(=O)O)c1ccccc1. The molecule has 20 heavy (non-hydrogen) atoms. The van der Waals surface area contributed by atoms with E-state index in [1.54, 1.807) is 24.3 Å². The highest BCUT2D eigenvalue weighted by Crippen LogP contribution is 2.25. The van der Waals surface area contributed by atoms with E-state index in [9.17, 15) is 14.7 Å². The van der Waals surface area contributed by atoms with Gasteiger partial charge in [0.05, 0.1) is 6.10 Å². The van der Waals surface area contributed by atoms with E-state index in [-0.39, 0.29) is 13.0 Å². The second-order valence-corrected chi connectivity index (χ2v) is 4.76. The third-order valence-corrected chi connectivity index (χ3v) is 3.41. The van der Waals surface area contributed by atoms with Crippen molar-refractivity contribution in [2.75, 3.05) is 13.7 Å². The monoisotopic (exact) mass is 279 g/mol. The van der Waals surface area contributed by atoms with Crippen molar-refractivity contribution >= 4 is 11.9 Å². The van der Waals surface area contributed by atoms with Gasteiger partial charge < -0.3 is 19.8 Å². The Morgan fingerprint density at radius 2 is 2.00 bits per heavy atom. The Labute approximate surface area is 116 Å². The summed E-state index contributed by atoms with van der Waals surface area (Å²) in [6.07, 6.45) is -1.62. The van der Waals surface area contributed by atoms with Crippen molar-refractivity contribution in [3.8, 4) is 0 Å². The Kier molecular flexibility index (Phi) is 4.36. The topological polar surface area (TPSA) is 87.1 Å². The highest BCUT2D eigenvalue weighted by atomic mass is 16.5. The normalized spacial score (nSPS) is 23.6. The lowest BCUT2D eigenvalue weighted by Gasteiger charge is -2.26. The van der Waals surface area contributed by atoms with Crippen molar-refractivity contribution < 1.29 is 24.5 Å². The molecule has 1 heterocycles. The quantitative estimate of drug-likeness (QED) is 0.834. The molecule has 0 aliphatic carbocycles. The molecule has 108 valence electrons. The van der Waals surface area contributed by atoms with Gasteiger partial charge in [-0.1, -0.05) is 30.3 Å². The Morgan fingerprint density at radius 1 is 1.35 bits per heavy atom. The molecule has 1 saturated heterocycles. The Hall–Kier alpha value is -1.92. The van der Waals surface area contributed by atoms with Crippen LogP contribution in [0.15, 0.2) is 30.3 Å². The molecule has 1 fully saturated rings. The fourth-order valence-electron chi connectivity index (χ4n) is 2.45. The maximum atomic E-state index is 12.5. The van der Waals surface area contributed by atoms with Crippen LogP contribution < -0.4 is 0 Å². The van der Waals surface area contributed by atoms with Gasteiger partial charge in [0.15, 0.2) is 6.10 Å². The second-order valence-electron chi connectivity index (χ2n) is 4.76. The molecule has 2 rings (SSSR count). The van der Waals surface area contributed by atoms with Gasteiger partial charge in [-0.05, 0) is 5.56 Å². The molecule has 1 aromatic carbocycles. The molecule has 1 aromatic rings. The summed E-state index contributed by atoms with van der Waals surface area (Å²) in [5.41, 5.74) is 0.658. The molecule has 1 amide bonds. The van der Waals surface area contributed by atoms with Crippen molar-refractivity contribution in [2.24, 2.45) is 0 Å². The molecule has 0 radical (unpaired) electrons. The number of aliphatic carboxylic acids is 1. The van der Waals surface area contributed by atoms with E-state index in [0.717, 1.165) is 0 Å². The molecule has 2 N–H and O–H groups in total. The van der Waals surface area contributed by atoms with Crippen molar-refractivity contribution in [2.45, 2.75) is 24.7 Å². The van der Waals surface area contributed by atoms with Gasteiger partial charge in [0.1, 0.15) is 6.04 Å². The Bertz CT molecular complexity index is 490. The zero-order valence-electron chi connectivity index (χ0n) is 11.1. The van der Waals surface area contributed by atoms with E-state index in [2.05, 4.69) is 0 Å². The number of ether oxygens (including phenoxy) is 1. The van der Waals surface area contributed by atoms with Crippen LogP contribution in [-0.2, 0) is 14.3 Å². The number of likely N-dealkylation sites (tertiary alicyclic amines) is 1. The van der Waals surface area contributed by atoms with Gasteiger partial charge in [0.25, 0.3) is 5.91 Å². The van der Waals surface area contributed by atoms with Gasteiger partial charge in [-0.25, -0.2) is 4.79 Å². The number of carbonyl (C=O) groups is 2. The van der Waals surface area contributed by atoms with E-state index in [4.69, 9.17) is 9.84 Å². The molecule has 0 spiro atoms. The molecule has 0 saturated carbocycles. The largest absolute Gasteiger partial charge is 0.480 e. The first-order chi connectivity index (χ1) is 9.54. The number of carbonyl (C=O) groups excluding carboxylic acids is 1. The number of benzene rings is 1. The fraction of sp³-hybridized carbons (Fsp3) is 0.429. The minimum atomic E-state index is -1.11. The van der Waals surface area contributed by atoms with Crippen LogP contribution in [0.25, 0.3) is 0 Å². The molecular formula is C14H17NO5. The highest BCUT2D eigenvalue weighted by molar-refractivity contribution is 5.88. The van der Waals surface area contributed by atoms with Gasteiger partial charge in [-0.3, -0.25) is 4.79 Å². The molecule has 0 aromatic heterocycles. The maximum Gasteiger partial charge on any atom is 0.326 e. The van der Waals surface area contributed by atoms with Gasteiger partial charge in [0.2, 0.25) is 0 Å². The number of aliphatic hydroxyl groups is 1. The smallest absolute Gasteiger partial charge is 0.326 e. The lowest BCUT2D eigenvalue weighted by molar-refractivity contribution is -0.153. The number of nitrogens with zero attached hydrogens (tertiary/aromatic N) is 1. The molecule has 3 unspecified atom stereocenters. The molecule has 6 nitrogen and oxygen atoms in total. The molecule has 1 aliphatic heterocycles. The molecule has 1 aliphatic rings. The fourth-order valence-corrected chi connectivity index (χ4v) is 2.45. The zero-order chi connectivity index (χ0) is 14.7. The highest BCUT2D eigenvalue weighted by Gasteiger charge is 2.41. The maximum absolute atomic E-state index is 12.5. The summed E-state index contributed by atoms with van der Waals surface area (Å²) < 4.78 is 5.21.